The van der Waals surface area contributed by atoms with E-state index in [2.05, 4.69) is 6.92 Å². The van der Waals surface area contributed by atoms with Crippen molar-refractivity contribution < 1.29 is 19.1 Å². The highest BCUT2D eigenvalue weighted by Crippen LogP contribution is 2.22. The second-order valence-corrected chi connectivity index (χ2v) is 5.84. The molecule has 1 aliphatic rings. The maximum atomic E-state index is 12.5. The van der Waals surface area contributed by atoms with Crippen LogP contribution in [-0.2, 0) is 14.3 Å². The summed E-state index contributed by atoms with van der Waals surface area (Å²) >= 11 is 0. The molecule has 0 unspecified atom stereocenters. The minimum Gasteiger partial charge on any atom is -0.486 e. The Balaban J connectivity index is 1.99. The molecule has 23 heavy (non-hydrogen) atoms. The van der Waals surface area contributed by atoms with Gasteiger partial charge in [0.25, 0.3) is 0 Å². The Bertz CT molecular complexity index is 584. The average Bonchev–Trinajstić information content (AvgIpc) is 2.92. The normalized spacial score (nSPS) is 14.1. The van der Waals surface area contributed by atoms with Crippen LogP contribution in [0.2, 0.25) is 0 Å². The summed E-state index contributed by atoms with van der Waals surface area (Å²) in [5.41, 5.74) is 1.96. The lowest BCUT2D eigenvalue weighted by molar-refractivity contribution is -0.139. The monoisotopic (exact) mass is 316 g/mol. The Hall–Kier alpha value is -2.10. The fraction of sp³-hybridized carbons (Fsp3) is 0.474. The van der Waals surface area contributed by atoms with Gasteiger partial charge in [-0.05, 0) is 13.3 Å². The van der Waals surface area contributed by atoms with Crippen LogP contribution in [0.5, 0.6) is 0 Å². The summed E-state index contributed by atoms with van der Waals surface area (Å²) in [5, 5.41) is 0. The Morgan fingerprint density at radius 3 is 2.52 bits per heavy atom. The summed E-state index contributed by atoms with van der Waals surface area (Å²) in [5.74, 6) is -0.642. The average molecular weight is 316 g/mol. The highest BCUT2D eigenvalue weighted by atomic mass is 16.6. The predicted octanol–water partition coefficient (Wildman–Crippen LogP) is 3.98. The van der Waals surface area contributed by atoms with E-state index < -0.39 is 5.97 Å². The lowest BCUT2D eigenvalue weighted by Crippen LogP contribution is -2.09. The largest absolute Gasteiger partial charge is 0.486 e. The second kappa shape index (κ2) is 8.51. The number of ether oxygens (including phenoxy) is 2. The Labute approximate surface area is 137 Å². The number of unbranched alkanes of at least 4 members (excludes halogenated alkanes) is 4. The highest BCUT2D eigenvalue weighted by Gasteiger charge is 2.31. The number of cyclic esters (lactones) is 1. The predicted molar refractivity (Wildman–Crippen MR) is 88.2 cm³/mol. The van der Waals surface area contributed by atoms with Gasteiger partial charge in [-0.15, -0.1) is 0 Å². The van der Waals surface area contributed by atoms with Crippen molar-refractivity contribution in [1.82, 2.24) is 0 Å². The van der Waals surface area contributed by atoms with Gasteiger partial charge in [-0.3, -0.25) is 4.79 Å². The van der Waals surface area contributed by atoms with Crippen molar-refractivity contribution in [1.29, 1.82) is 0 Å². The van der Waals surface area contributed by atoms with Gasteiger partial charge in [0.05, 0.1) is 12.2 Å². The van der Waals surface area contributed by atoms with Gasteiger partial charge in [-0.2, -0.15) is 0 Å². The van der Waals surface area contributed by atoms with Crippen LogP contribution in [0.15, 0.2) is 35.6 Å². The van der Waals surface area contributed by atoms with E-state index in [0.717, 1.165) is 18.4 Å². The number of rotatable bonds is 9. The molecule has 0 amide bonds. The van der Waals surface area contributed by atoms with E-state index in [1.54, 1.807) is 12.1 Å². The molecule has 1 aliphatic heterocycles. The van der Waals surface area contributed by atoms with Gasteiger partial charge in [0.15, 0.2) is 5.78 Å². The molecule has 0 radical (unpaired) electrons. The van der Waals surface area contributed by atoms with Crippen LogP contribution < -0.4 is 0 Å². The van der Waals surface area contributed by atoms with Crippen LogP contribution in [0.3, 0.4) is 0 Å². The maximum absolute atomic E-state index is 12.5. The lowest BCUT2D eigenvalue weighted by Gasteiger charge is -2.07. The number of benzene rings is 1. The number of carbonyl (C=O) groups excluding carboxylic acids is 2. The third kappa shape index (κ3) is 4.68. The van der Waals surface area contributed by atoms with Crippen LogP contribution in [0.1, 0.15) is 54.9 Å². The molecule has 0 aromatic heterocycles. The van der Waals surface area contributed by atoms with Gasteiger partial charge in [-0.1, -0.05) is 62.4 Å². The molecule has 1 aromatic carbocycles. The highest BCUT2D eigenvalue weighted by molar-refractivity contribution is 6.14. The summed E-state index contributed by atoms with van der Waals surface area (Å²) in [6.45, 7) is 4.57. The molecule has 0 fully saturated rings. The number of hydrogen-bond donors (Lipinski definition) is 0. The van der Waals surface area contributed by atoms with Crippen molar-refractivity contribution in [3.8, 4) is 0 Å². The first-order valence-electron chi connectivity index (χ1n) is 8.28. The summed E-state index contributed by atoms with van der Waals surface area (Å²) < 4.78 is 10.5. The minimum absolute atomic E-state index is 0.00326. The van der Waals surface area contributed by atoms with Crippen molar-refractivity contribution >= 4 is 11.8 Å². The SMILES string of the molecule is CCCCCCCOC1=C(C(=O)c2ccc(C)cc2)COC1=O. The Morgan fingerprint density at radius 1 is 1.13 bits per heavy atom. The van der Waals surface area contributed by atoms with E-state index in [9.17, 15) is 9.59 Å². The molecule has 1 heterocycles. The summed E-state index contributed by atoms with van der Waals surface area (Å²) in [4.78, 5) is 24.3. The molecule has 0 bridgehead atoms. The standard InChI is InChI=1S/C19H24O4/c1-3-4-5-6-7-12-22-18-16(13-23-19(18)21)17(20)15-10-8-14(2)9-11-15/h8-11H,3-7,12-13H2,1-2H3. The van der Waals surface area contributed by atoms with Gasteiger partial charge < -0.3 is 9.47 Å². The topological polar surface area (TPSA) is 52.6 Å². The second-order valence-electron chi connectivity index (χ2n) is 5.84. The zero-order chi connectivity index (χ0) is 16.7. The maximum Gasteiger partial charge on any atom is 0.374 e. The number of aryl methyl sites for hydroxylation is 1. The van der Waals surface area contributed by atoms with Gasteiger partial charge in [0.2, 0.25) is 5.76 Å². The van der Waals surface area contributed by atoms with Crippen molar-refractivity contribution in [3.05, 3.63) is 46.7 Å². The molecule has 0 saturated heterocycles. The fourth-order valence-corrected chi connectivity index (χ4v) is 2.47. The van der Waals surface area contributed by atoms with E-state index in [4.69, 9.17) is 9.47 Å². The van der Waals surface area contributed by atoms with E-state index in [1.807, 2.05) is 19.1 Å². The molecule has 1 aromatic rings. The zero-order valence-corrected chi connectivity index (χ0v) is 13.9. The molecule has 4 heteroatoms. The lowest BCUT2D eigenvalue weighted by atomic mass is 10.0. The molecule has 0 aliphatic carbocycles. The van der Waals surface area contributed by atoms with Crippen LogP contribution in [-0.4, -0.2) is 25.0 Å². The van der Waals surface area contributed by atoms with Crippen molar-refractivity contribution in [2.45, 2.75) is 46.0 Å². The first-order chi connectivity index (χ1) is 11.1. The Kier molecular flexibility index (Phi) is 6.39. The minimum atomic E-state index is -0.533. The molecule has 0 saturated carbocycles. The summed E-state index contributed by atoms with van der Waals surface area (Å²) in [7, 11) is 0. The van der Waals surface area contributed by atoms with E-state index in [0.29, 0.717) is 17.7 Å². The van der Waals surface area contributed by atoms with E-state index >= 15 is 0 Å². The molecule has 0 N–H and O–H groups in total. The quantitative estimate of drug-likeness (QED) is 0.393. The number of Topliss-reactive ketones (excluding diaryl/α,β-unsaturated/α-hetero) is 1. The van der Waals surface area contributed by atoms with Gasteiger partial charge in [0.1, 0.15) is 6.61 Å². The van der Waals surface area contributed by atoms with Crippen LogP contribution in [0.25, 0.3) is 0 Å². The van der Waals surface area contributed by atoms with Crippen molar-refractivity contribution in [3.63, 3.8) is 0 Å². The number of esters is 1. The summed E-state index contributed by atoms with van der Waals surface area (Å²) in [6.07, 6.45) is 5.51. The third-order valence-corrected chi connectivity index (χ3v) is 3.89. The summed E-state index contributed by atoms with van der Waals surface area (Å²) in [6, 6.07) is 7.27. The van der Waals surface area contributed by atoms with E-state index in [1.165, 1.54) is 19.3 Å². The fourth-order valence-electron chi connectivity index (χ4n) is 2.47. The molecular weight excluding hydrogens is 292 g/mol. The molecule has 0 atom stereocenters. The molecule has 124 valence electrons. The number of hydrogen-bond acceptors (Lipinski definition) is 4. The first kappa shape index (κ1) is 17.3. The molecular formula is C19H24O4. The van der Waals surface area contributed by atoms with Crippen molar-refractivity contribution in [2.75, 3.05) is 13.2 Å². The first-order valence-corrected chi connectivity index (χ1v) is 8.28. The van der Waals surface area contributed by atoms with Crippen molar-refractivity contribution in [2.24, 2.45) is 0 Å². The number of ketones is 1. The van der Waals surface area contributed by atoms with Gasteiger partial charge in [-0.25, -0.2) is 4.79 Å². The third-order valence-electron chi connectivity index (χ3n) is 3.89. The van der Waals surface area contributed by atoms with Gasteiger partial charge in [0, 0.05) is 5.56 Å². The molecule has 4 nitrogen and oxygen atoms in total. The zero-order valence-electron chi connectivity index (χ0n) is 13.9. The van der Waals surface area contributed by atoms with E-state index in [-0.39, 0.29) is 18.1 Å². The number of carbonyl (C=O) groups is 2. The van der Waals surface area contributed by atoms with Crippen LogP contribution in [0, 0.1) is 6.92 Å². The van der Waals surface area contributed by atoms with Crippen LogP contribution in [0.4, 0.5) is 0 Å². The van der Waals surface area contributed by atoms with Gasteiger partial charge >= 0.3 is 5.97 Å². The molecule has 0 spiro atoms. The molecule has 2 rings (SSSR count). The van der Waals surface area contributed by atoms with Crippen LogP contribution >= 0.6 is 0 Å². The smallest absolute Gasteiger partial charge is 0.374 e. The Morgan fingerprint density at radius 2 is 1.83 bits per heavy atom.